The van der Waals surface area contributed by atoms with Crippen molar-refractivity contribution in [2.24, 2.45) is 5.14 Å². The second kappa shape index (κ2) is 3.23. The Morgan fingerprint density at radius 1 is 1.64 bits per heavy atom. The minimum Gasteiger partial charge on any atom is -0.248 e. The second-order valence-corrected chi connectivity index (χ2v) is 2.85. The van der Waals surface area contributed by atoms with Crippen molar-refractivity contribution in [1.29, 1.82) is 5.26 Å². The Morgan fingerprint density at radius 3 is 2.73 bits per heavy atom. The lowest BCUT2D eigenvalue weighted by molar-refractivity contribution is 0.684. The summed E-state index contributed by atoms with van der Waals surface area (Å²) in [7, 11) is -1.51. The van der Waals surface area contributed by atoms with Gasteiger partial charge in [-0.15, -0.1) is 0 Å². The van der Waals surface area contributed by atoms with E-state index in [-0.39, 0.29) is 0 Å². The molecule has 5 heteroatoms. The van der Waals surface area contributed by atoms with Gasteiger partial charge < -0.3 is 0 Å². The van der Waals surface area contributed by atoms with Gasteiger partial charge in [0.1, 0.15) is 22.7 Å². The summed E-state index contributed by atoms with van der Waals surface area (Å²) in [6.45, 7) is 0. The summed E-state index contributed by atoms with van der Waals surface area (Å²) < 4.78 is 10.6. The van der Waals surface area contributed by atoms with Crippen LogP contribution in [0, 0.1) is 11.3 Å². The summed E-state index contributed by atoms with van der Waals surface area (Å²) in [5.74, 6) is 0. The number of nitrogens with two attached hydrogens (primary N) is 1. The fourth-order valence-corrected chi connectivity index (χ4v) is 0.924. The molecule has 11 heavy (non-hydrogen) atoms. The van der Waals surface area contributed by atoms with Crippen molar-refractivity contribution in [3.8, 4) is 6.07 Å². The molecule has 0 radical (unpaired) electrons. The molecule has 0 aliphatic rings. The molecule has 2 N–H and O–H groups in total. The highest BCUT2D eigenvalue weighted by atomic mass is 32.2. The van der Waals surface area contributed by atoms with Gasteiger partial charge in [0.2, 0.25) is 0 Å². The Hall–Kier alpha value is -1.25. The molecule has 0 amide bonds. The summed E-state index contributed by atoms with van der Waals surface area (Å²) in [5, 5.41) is 13.4. The number of pyridine rings is 1. The van der Waals surface area contributed by atoms with E-state index in [1.165, 1.54) is 18.3 Å². The highest BCUT2D eigenvalue weighted by Crippen LogP contribution is 2.00. The van der Waals surface area contributed by atoms with Gasteiger partial charge in [-0.05, 0) is 12.1 Å². The Balaban J connectivity index is 3.03. The summed E-state index contributed by atoms with van der Waals surface area (Å²) in [5.41, 5.74) is 0.291. The van der Waals surface area contributed by atoms with Crippen molar-refractivity contribution in [3.05, 3.63) is 24.0 Å². The third-order valence-electron chi connectivity index (χ3n) is 1.08. The molecule has 1 unspecified atom stereocenters. The van der Waals surface area contributed by atoms with E-state index in [4.69, 9.17) is 10.4 Å². The molecule has 0 saturated heterocycles. The van der Waals surface area contributed by atoms with E-state index in [1.807, 2.05) is 6.07 Å². The predicted octanol–water partition coefficient (Wildman–Crippen LogP) is -0.0654. The van der Waals surface area contributed by atoms with Crippen molar-refractivity contribution in [3.63, 3.8) is 0 Å². The maximum atomic E-state index is 10.6. The normalized spacial score (nSPS) is 12.0. The van der Waals surface area contributed by atoms with Crippen LogP contribution >= 0.6 is 0 Å². The smallest absolute Gasteiger partial charge is 0.140 e. The molecule has 0 saturated carbocycles. The van der Waals surface area contributed by atoms with Gasteiger partial charge in [-0.1, -0.05) is 0 Å². The van der Waals surface area contributed by atoms with Gasteiger partial charge in [0.15, 0.2) is 0 Å². The van der Waals surface area contributed by atoms with E-state index in [2.05, 4.69) is 4.98 Å². The molecule has 0 aliphatic carbocycles. The van der Waals surface area contributed by atoms with Crippen molar-refractivity contribution < 1.29 is 4.21 Å². The van der Waals surface area contributed by atoms with Crippen LogP contribution in [0.15, 0.2) is 23.2 Å². The van der Waals surface area contributed by atoms with Crippen LogP contribution in [0.3, 0.4) is 0 Å². The lowest BCUT2D eigenvalue weighted by atomic mass is 10.4. The SMILES string of the molecule is N#Cc1ccc(S(N)=O)cn1. The molecule has 0 fully saturated rings. The Labute approximate surface area is 66.3 Å². The van der Waals surface area contributed by atoms with Crippen LogP contribution in [0.4, 0.5) is 0 Å². The van der Waals surface area contributed by atoms with Gasteiger partial charge in [-0.2, -0.15) is 5.26 Å². The van der Waals surface area contributed by atoms with Crippen LogP contribution in [0.2, 0.25) is 0 Å². The molecule has 1 atom stereocenters. The monoisotopic (exact) mass is 167 g/mol. The van der Waals surface area contributed by atoms with Gasteiger partial charge in [0, 0.05) is 6.20 Å². The Kier molecular flexibility index (Phi) is 2.31. The van der Waals surface area contributed by atoms with Crippen LogP contribution in [0.5, 0.6) is 0 Å². The highest BCUT2D eigenvalue weighted by molar-refractivity contribution is 7.82. The summed E-state index contributed by atoms with van der Waals surface area (Å²) in [6, 6.07) is 4.83. The fraction of sp³-hybridized carbons (Fsp3) is 0. The van der Waals surface area contributed by atoms with E-state index < -0.39 is 11.0 Å². The lowest BCUT2D eigenvalue weighted by Gasteiger charge is -1.92. The van der Waals surface area contributed by atoms with Gasteiger partial charge in [0.05, 0.1) is 4.90 Å². The molecule has 4 nitrogen and oxygen atoms in total. The van der Waals surface area contributed by atoms with Crippen LogP contribution in [-0.4, -0.2) is 9.19 Å². The first kappa shape index (κ1) is 7.85. The first-order chi connectivity index (χ1) is 5.24. The van der Waals surface area contributed by atoms with Crippen LogP contribution in [0.1, 0.15) is 5.69 Å². The summed E-state index contributed by atoms with van der Waals surface area (Å²) in [6.07, 6.45) is 1.33. The van der Waals surface area contributed by atoms with Crippen LogP contribution < -0.4 is 5.14 Å². The lowest BCUT2D eigenvalue weighted by Crippen LogP contribution is -2.02. The quantitative estimate of drug-likeness (QED) is 0.636. The van der Waals surface area contributed by atoms with Gasteiger partial charge in [0.25, 0.3) is 0 Å². The maximum absolute atomic E-state index is 10.6. The van der Waals surface area contributed by atoms with Crippen molar-refractivity contribution in [2.45, 2.75) is 4.90 Å². The Bertz CT molecular complexity index is 314. The van der Waals surface area contributed by atoms with Gasteiger partial charge >= 0.3 is 0 Å². The third kappa shape index (κ3) is 1.83. The fourth-order valence-electron chi connectivity index (χ4n) is 0.565. The molecule has 0 aromatic carbocycles. The average molecular weight is 167 g/mol. The van der Waals surface area contributed by atoms with E-state index in [1.54, 1.807) is 0 Å². The highest BCUT2D eigenvalue weighted by Gasteiger charge is 1.97. The zero-order valence-corrected chi connectivity index (χ0v) is 6.34. The van der Waals surface area contributed by atoms with Crippen molar-refractivity contribution in [1.82, 2.24) is 4.98 Å². The first-order valence-corrected chi connectivity index (χ1v) is 3.97. The third-order valence-corrected chi connectivity index (χ3v) is 1.79. The molecule has 1 rings (SSSR count). The number of rotatable bonds is 1. The largest absolute Gasteiger partial charge is 0.248 e. The average Bonchev–Trinajstić information content (AvgIpc) is 2.05. The number of nitrogens with zero attached hydrogens (tertiary/aromatic N) is 2. The maximum Gasteiger partial charge on any atom is 0.140 e. The zero-order chi connectivity index (χ0) is 8.27. The number of nitriles is 1. The first-order valence-electron chi connectivity index (χ1n) is 2.76. The van der Waals surface area contributed by atoms with Crippen molar-refractivity contribution in [2.75, 3.05) is 0 Å². The number of hydrogen-bond donors (Lipinski definition) is 1. The summed E-state index contributed by atoms with van der Waals surface area (Å²) in [4.78, 5) is 4.10. The van der Waals surface area contributed by atoms with E-state index in [9.17, 15) is 4.21 Å². The second-order valence-electron chi connectivity index (χ2n) is 1.79. The minimum absolute atomic E-state index is 0.291. The zero-order valence-electron chi connectivity index (χ0n) is 5.52. The molecular formula is C6H5N3OS. The number of hydrogen-bond acceptors (Lipinski definition) is 3. The molecule has 1 heterocycles. The standard InChI is InChI=1S/C6H5N3OS/c7-3-5-1-2-6(4-9-5)11(8)10/h1-2,4H,8H2. The topological polar surface area (TPSA) is 79.8 Å². The molecule has 0 aliphatic heterocycles. The molecule has 0 spiro atoms. The molecule has 1 aromatic rings. The van der Waals surface area contributed by atoms with E-state index in [0.717, 1.165) is 0 Å². The predicted molar refractivity (Wildman–Crippen MR) is 39.5 cm³/mol. The van der Waals surface area contributed by atoms with Gasteiger partial charge in [-0.25, -0.2) is 14.3 Å². The van der Waals surface area contributed by atoms with E-state index in [0.29, 0.717) is 10.6 Å². The molecular weight excluding hydrogens is 162 g/mol. The summed E-state index contributed by atoms with van der Waals surface area (Å²) >= 11 is 0. The molecule has 56 valence electrons. The van der Waals surface area contributed by atoms with E-state index >= 15 is 0 Å². The Morgan fingerprint density at radius 2 is 2.36 bits per heavy atom. The minimum atomic E-state index is -1.51. The number of aromatic nitrogens is 1. The molecule has 0 bridgehead atoms. The van der Waals surface area contributed by atoms with Crippen LogP contribution in [-0.2, 0) is 11.0 Å². The van der Waals surface area contributed by atoms with Gasteiger partial charge in [-0.3, -0.25) is 0 Å². The molecule has 1 aromatic heterocycles. The van der Waals surface area contributed by atoms with Crippen molar-refractivity contribution >= 4 is 11.0 Å². The van der Waals surface area contributed by atoms with Crippen LogP contribution in [0.25, 0.3) is 0 Å².